The Morgan fingerprint density at radius 2 is 1.35 bits per heavy atom. The van der Waals surface area contributed by atoms with Gasteiger partial charge in [-0.2, -0.15) is 5.26 Å². The molecule has 4 heteroatoms. The fourth-order valence-electron chi connectivity index (χ4n) is 2.39. The minimum absolute atomic E-state index is 0.506. The number of benzene rings is 2. The van der Waals surface area contributed by atoms with E-state index in [0.29, 0.717) is 17.2 Å². The van der Waals surface area contributed by atoms with Gasteiger partial charge in [-0.25, -0.2) is 0 Å². The fourth-order valence-corrected chi connectivity index (χ4v) is 2.39. The second-order valence-corrected chi connectivity index (χ2v) is 5.73. The Labute approximate surface area is 137 Å². The van der Waals surface area contributed by atoms with Gasteiger partial charge in [-0.05, 0) is 42.7 Å². The van der Waals surface area contributed by atoms with Crippen LogP contribution in [0.2, 0.25) is 0 Å². The maximum absolute atomic E-state index is 9.23. The van der Waals surface area contributed by atoms with Gasteiger partial charge in [0, 0.05) is 0 Å². The van der Waals surface area contributed by atoms with Crippen molar-refractivity contribution in [1.82, 2.24) is 0 Å². The molecule has 0 spiro atoms. The summed E-state index contributed by atoms with van der Waals surface area (Å²) >= 11 is 0. The van der Waals surface area contributed by atoms with E-state index in [0.717, 1.165) is 16.7 Å². The molecule has 0 N–H and O–H groups in total. The zero-order chi connectivity index (χ0) is 17.0. The first kappa shape index (κ1) is 16.7. The maximum Gasteiger partial charge on any atom is 0.203 e. The monoisotopic (exact) mass is 311 g/mol. The number of methoxy groups -OCH3 is 3. The third-order valence-electron chi connectivity index (χ3n) is 3.88. The average molecular weight is 311 g/mol. The summed E-state index contributed by atoms with van der Waals surface area (Å²) in [7, 11) is 4.78. The van der Waals surface area contributed by atoms with Crippen LogP contribution in [-0.4, -0.2) is 21.3 Å². The SMILES string of the molecule is COc1cc(-c2ccc(C(C)(C)C#N)cc2)cc(OC)c1OC. The predicted octanol–water partition coefficient (Wildman–Crippen LogP) is 4.18. The Balaban J connectivity index is 2.49. The van der Waals surface area contributed by atoms with E-state index < -0.39 is 5.41 Å². The molecular formula is C19H21NO3. The molecule has 0 saturated heterocycles. The molecule has 23 heavy (non-hydrogen) atoms. The summed E-state index contributed by atoms with van der Waals surface area (Å²) < 4.78 is 16.1. The van der Waals surface area contributed by atoms with Crippen LogP contribution in [0.4, 0.5) is 0 Å². The number of nitriles is 1. The van der Waals surface area contributed by atoms with Crippen LogP contribution in [0.5, 0.6) is 17.2 Å². The predicted molar refractivity (Wildman–Crippen MR) is 90.2 cm³/mol. The largest absolute Gasteiger partial charge is 0.493 e. The molecule has 0 bridgehead atoms. The van der Waals surface area contributed by atoms with Gasteiger partial charge < -0.3 is 14.2 Å². The third-order valence-corrected chi connectivity index (χ3v) is 3.88. The van der Waals surface area contributed by atoms with Crippen molar-refractivity contribution in [1.29, 1.82) is 5.26 Å². The normalized spacial score (nSPS) is 10.8. The molecule has 0 amide bonds. The van der Waals surface area contributed by atoms with Gasteiger partial charge in [0.25, 0.3) is 0 Å². The smallest absolute Gasteiger partial charge is 0.203 e. The number of hydrogen-bond acceptors (Lipinski definition) is 4. The molecule has 2 aromatic carbocycles. The van der Waals surface area contributed by atoms with Crippen molar-refractivity contribution in [2.24, 2.45) is 0 Å². The van der Waals surface area contributed by atoms with E-state index in [2.05, 4.69) is 6.07 Å². The maximum atomic E-state index is 9.23. The van der Waals surface area contributed by atoms with Gasteiger partial charge in [0.05, 0.1) is 32.8 Å². The lowest BCUT2D eigenvalue weighted by Gasteiger charge is -2.17. The summed E-state index contributed by atoms with van der Waals surface area (Å²) in [6.45, 7) is 3.81. The Kier molecular flexibility index (Phi) is 4.80. The number of hydrogen-bond donors (Lipinski definition) is 0. The van der Waals surface area contributed by atoms with Crippen LogP contribution in [0.15, 0.2) is 36.4 Å². The molecule has 0 unspecified atom stereocenters. The van der Waals surface area contributed by atoms with E-state index in [4.69, 9.17) is 14.2 Å². The number of ether oxygens (including phenoxy) is 3. The molecule has 0 fully saturated rings. The second kappa shape index (κ2) is 6.62. The van der Waals surface area contributed by atoms with E-state index in [-0.39, 0.29) is 0 Å². The van der Waals surface area contributed by atoms with Crippen molar-refractivity contribution in [3.05, 3.63) is 42.0 Å². The molecule has 2 aromatic rings. The summed E-state index contributed by atoms with van der Waals surface area (Å²) in [5.41, 5.74) is 2.45. The van der Waals surface area contributed by atoms with Gasteiger partial charge >= 0.3 is 0 Å². The zero-order valence-electron chi connectivity index (χ0n) is 14.1. The van der Waals surface area contributed by atoms with Gasteiger partial charge in [-0.1, -0.05) is 24.3 Å². The van der Waals surface area contributed by atoms with Crippen LogP contribution in [0.3, 0.4) is 0 Å². The van der Waals surface area contributed by atoms with Crippen molar-refractivity contribution in [2.45, 2.75) is 19.3 Å². The van der Waals surface area contributed by atoms with Crippen molar-refractivity contribution < 1.29 is 14.2 Å². The lowest BCUT2D eigenvalue weighted by Crippen LogP contribution is -2.13. The second-order valence-electron chi connectivity index (χ2n) is 5.73. The van der Waals surface area contributed by atoms with Gasteiger partial charge in [0.1, 0.15) is 0 Å². The molecular weight excluding hydrogens is 290 g/mol. The van der Waals surface area contributed by atoms with Crippen LogP contribution in [0.1, 0.15) is 19.4 Å². The highest BCUT2D eigenvalue weighted by molar-refractivity contribution is 5.71. The molecule has 0 aliphatic rings. The first-order valence-corrected chi connectivity index (χ1v) is 7.29. The summed E-state index contributed by atoms with van der Waals surface area (Å²) in [5.74, 6) is 1.80. The summed E-state index contributed by atoms with van der Waals surface area (Å²) in [4.78, 5) is 0. The molecule has 0 heterocycles. The fraction of sp³-hybridized carbons (Fsp3) is 0.316. The Morgan fingerprint density at radius 1 is 0.826 bits per heavy atom. The molecule has 0 aliphatic carbocycles. The van der Waals surface area contributed by atoms with E-state index in [9.17, 15) is 5.26 Å². The zero-order valence-corrected chi connectivity index (χ0v) is 14.1. The Hall–Kier alpha value is -2.67. The van der Waals surface area contributed by atoms with Crippen molar-refractivity contribution in [3.63, 3.8) is 0 Å². The van der Waals surface area contributed by atoms with E-state index in [1.807, 2.05) is 50.2 Å². The molecule has 2 rings (SSSR count). The lowest BCUT2D eigenvalue weighted by molar-refractivity contribution is 0.324. The van der Waals surface area contributed by atoms with Crippen LogP contribution >= 0.6 is 0 Å². The van der Waals surface area contributed by atoms with Gasteiger partial charge in [-0.15, -0.1) is 0 Å². The average Bonchev–Trinajstić information content (AvgIpc) is 2.60. The molecule has 0 aromatic heterocycles. The molecule has 0 saturated carbocycles. The summed E-state index contributed by atoms with van der Waals surface area (Å²) in [6.07, 6.45) is 0. The minimum Gasteiger partial charge on any atom is -0.493 e. The van der Waals surface area contributed by atoms with Gasteiger partial charge in [-0.3, -0.25) is 0 Å². The van der Waals surface area contributed by atoms with Crippen LogP contribution in [0, 0.1) is 11.3 Å². The van der Waals surface area contributed by atoms with E-state index in [1.54, 1.807) is 21.3 Å². The van der Waals surface area contributed by atoms with Crippen molar-refractivity contribution in [2.75, 3.05) is 21.3 Å². The van der Waals surface area contributed by atoms with E-state index in [1.165, 1.54) is 0 Å². The summed E-state index contributed by atoms with van der Waals surface area (Å²) in [5, 5.41) is 9.23. The van der Waals surface area contributed by atoms with Crippen molar-refractivity contribution in [3.8, 4) is 34.4 Å². The number of nitrogens with zero attached hydrogens (tertiary/aromatic N) is 1. The van der Waals surface area contributed by atoms with Gasteiger partial charge in [0.2, 0.25) is 5.75 Å². The van der Waals surface area contributed by atoms with Crippen LogP contribution < -0.4 is 14.2 Å². The van der Waals surface area contributed by atoms with Gasteiger partial charge in [0.15, 0.2) is 11.5 Å². The molecule has 0 atom stereocenters. The van der Waals surface area contributed by atoms with Crippen molar-refractivity contribution >= 4 is 0 Å². The van der Waals surface area contributed by atoms with E-state index >= 15 is 0 Å². The molecule has 120 valence electrons. The van der Waals surface area contributed by atoms with Crippen LogP contribution in [0.25, 0.3) is 11.1 Å². The van der Waals surface area contributed by atoms with Crippen LogP contribution in [-0.2, 0) is 5.41 Å². The topological polar surface area (TPSA) is 51.5 Å². The minimum atomic E-state index is -0.506. The highest BCUT2D eigenvalue weighted by Gasteiger charge is 2.20. The summed E-state index contributed by atoms with van der Waals surface area (Å²) in [6, 6.07) is 14.1. The lowest BCUT2D eigenvalue weighted by atomic mass is 9.85. The highest BCUT2D eigenvalue weighted by atomic mass is 16.5. The quantitative estimate of drug-likeness (QED) is 0.831. The standard InChI is InChI=1S/C19H21NO3/c1-19(2,12-20)15-8-6-13(7-9-15)14-10-16(21-3)18(23-5)17(11-14)22-4/h6-11H,1-5H3. The Bertz CT molecular complexity index is 702. The molecule has 0 radical (unpaired) electrons. The first-order chi connectivity index (χ1) is 11.0. The molecule has 4 nitrogen and oxygen atoms in total. The molecule has 0 aliphatic heterocycles. The number of rotatable bonds is 5. The Morgan fingerprint density at radius 3 is 1.74 bits per heavy atom. The first-order valence-electron chi connectivity index (χ1n) is 7.29. The highest BCUT2D eigenvalue weighted by Crippen LogP contribution is 2.41. The third kappa shape index (κ3) is 3.24.